The number of carbonyl (C=O) groups is 1. The van der Waals surface area contributed by atoms with Gasteiger partial charge in [-0.15, -0.1) is 10.2 Å². The van der Waals surface area contributed by atoms with Gasteiger partial charge in [-0.2, -0.15) is 5.10 Å². The number of nitrogens with one attached hydrogen (secondary N) is 3. The van der Waals surface area contributed by atoms with Crippen LogP contribution in [0.2, 0.25) is 0 Å². The molecule has 1 aromatic carbocycles. The number of benzene rings is 1. The Labute approximate surface area is 186 Å². The molecule has 0 aliphatic rings. The average molecular weight is 436 g/mol. The van der Waals surface area contributed by atoms with E-state index in [1.54, 1.807) is 16.2 Å². The van der Waals surface area contributed by atoms with Crippen LogP contribution in [0.3, 0.4) is 0 Å². The summed E-state index contributed by atoms with van der Waals surface area (Å²) in [6.45, 7) is 10.2. The standard InChI is InChI=1S/C22H29N9O/c1-7-30(8-2)15-9-10-16(13(3)11-15)24-18-19(22(32)23-5)28-31-20(25-26-21(18)31)17-12-14(4)29(6)27-17/h9-12,24,28H,7-8H2,1-6H3,(H,23,32). The molecule has 0 aliphatic carbocycles. The van der Waals surface area contributed by atoms with Gasteiger partial charge in [0.05, 0.1) is 0 Å². The summed E-state index contributed by atoms with van der Waals surface area (Å²) in [5.74, 6) is 0.286. The Balaban J connectivity index is 1.79. The maximum atomic E-state index is 12.6. The van der Waals surface area contributed by atoms with Crippen molar-refractivity contribution in [2.75, 3.05) is 30.4 Å². The minimum Gasteiger partial charge on any atom is -0.372 e. The van der Waals surface area contributed by atoms with Crippen molar-refractivity contribution in [1.29, 1.82) is 0 Å². The Morgan fingerprint density at radius 1 is 1.16 bits per heavy atom. The van der Waals surface area contributed by atoms with Gasteiger partial charge in [0.2, 0.25) is 11.5 Å². The lowest BCUT2D eigenvalue weighted by molar-refractivity contribution is 0.0958. The number of rotatable bonds is 7. The van der Waals surface area contributed by atoms with Crippen LogP contribution in [0.1, 0.15) is 35.6 Å². The second kappa shape index (κ2) is 8.37. The molecule has 0 bridgehead atoms. The van der Waals surface area contributed by atoms with Gasteiger partial charge >= 0.3 is 0 Å². The molecule has 0 saturated heterocycles. The monoisotopic (exact) mass is 435 g/mol. The number of hydrogen-bond acceptors (Lipinski definition) is 6. The maximum absolute atomic E-state index is 12.6. The number of aromatic nitrogens is 6. The van der Waals surface area contributed by atoms with E-state index in [1.807, 2.05) is 33.0 Å². The Morgan fingerprint density at radius 2 is 1.91 bits per heavy atom. The number of nitrogens with zero attached hydrogens (tertiary/aromatic N) is 6. The van der Waals surface area contributed by atoms with Crippen molar-refractivity contribution in [1.82, 2.24) is 34.9 Å². The molecule has 0 radical (unpaired) electrons. The van der Waals surface area contributed by atoms with Gasteiger partial charge in [0, 0.05) is 44.3 Å². The van der Waals surface area contributed by atoms with Crippen LogP contribution in [0.15, 0.2) is 24.3 Å². The zero-order valence-electron chi connectivity index (χ0n) is 19.3. The maximum Gasteiger partial charge on any atom is 0.271 e. The van der Waals surface area contributed by atoms with Gasteiger partial charge in [-0.25, -0.2) is 4.52 Å². The van der Waals surface area contributed by atoms with Crippen LogP contribution in [0.25, 0.3) is 17.2 Å². The van der Waals surface area contributed by atoms with Gasteiger partial charge in [0.25, 0.3) is 5.91 Å². The van der Waals surface area contributed by atoms with E-state index in [2.05, 4.69) is 61.9 Å². The highest BCUT2D eigenvalue weighted by atomic mass is 16.1. The van der Waals surface area contributed by atoms with Crippen LogP contribution in [-0.2, 0) is 7.05 Å². The van der Waals surface area contributed by atoms with Crippen molar-refractivity contribution in [3.05, 3.63) is 41.2 Å². The molecule has 0 unspecified atom stereocenters. The van der Waals surface area contributed by atoms with Crippen LogP contribution >= 0.6 is 0 Å². The zero-order chi connectivity index (χ0) is 23.0. The molecular weight excluding hydrogens is 406 g/mol. The molecule has 0 saturated carbocycles. The quantitative estimate of drug-likeness (QED) is 0.412. The Morgan fingerprint density at radius 3 is 2.50 bits per heavy atom. The number of anilines is 3. The first kappa shape index (κ1) is 21.4. The highest BCUT2D eigenvalue weighted by Crippen LogP contribution is 2.31. The number of aryl methyl sites for hydroxylation is 3. The summed E-state index contributed by atoms with van der Waals surface area (Å²) >= 11 is 0. The SMILES string of the molecule is CCN(CC)c1ccc(Nc2c(C(=O)NC)[nH]n3c(-c4cc(C)n(C)n4)nnc23)c(C)c1. The van der Waals surface area contributed by atoms with Crippen molar-refractivity contribution in [2.24, 2.45) is 7.05 Å². The van der Waals surface area contributed by atoms with E-state index in [4.69, 9.17) is 0 Å². The summed E-state index contributed by atoms with van der Waals surface area (Å²) in [5, 5.41) is 22.4. The fourth-order valence-corrected chi connectivity index (χ4v) is 3.78. The van der Waals surface area contributed by atoms with E-state index < -0.39 is 0 Å². The fraction of sp³-hybridized carbons (Fsp3) is 0.364. The van der Waals surface area contributed by atoms with E-state index >= 15 is 0 Å². The first-order chi connectivity index (χ1) is 15.4. The predicted octanol–water partition coefficient (Wildman–Crippen LogP) is 3.02. The molecule has 0 aliphatic heterocycles. The zero-order valence-corrected chi connectivity index (χ0v) is 19.3. The van der Waals surface area contributed by atoms with Gasteiger partial charge in [0.1, 0.15) is 17.1 Å². The summed E-state index contributed by atoms with van der Waals surface area (Å²) in [6.07, 6.45) is 0. The van der Waals surface area contributed by atoms with Gasteiger partial charge in [-0.3, -0.25) is 14.6 Å². The molecule has 10 heteroatoms. The molecule has 4 rings (SSSR count). The molecule has 0 fully saturated rings. The topological polar surface area (TPSA) is 108 Å². The molecule has 1 amide bonds. The minimum absolute atomic E-state index is 0.251. The lowest BCUT2D eigenvalue weighted by Gasteiger charge is -2.22. The van der Waals surface area contributed by atoms with Crippen molar-refractivity contribution in [3.8, 4) is 11.5 Å². The Bertz CT molecular complexity index is 1260. The normalized spacial score (nSPS) is 11.2. The van der Waals surface area contributed by atoms with Crippen molar-refractivity contribution >= 4 is 28.6 Å². The van der Waals surface area contributed by atoms with Crippen molar-refractivity contribution in [3.63, 3.8) is 0 Å². The largest absolute Gasteiger partial charge is 0.372 e. The predicted molar refractivity (Wildman–Crippen MR) is 126 cm³/mol. The summed E-state index contributed by atoms with van der Waals surface area (Å²) in [5.41, 5.74) is 6.26. The molecule has 0 spiro atoms. The van der Waals surface area contributed by atoms with Gasteiger partial charge < -0.3 is 15.5 Å². The highest BCUT2D eigenvalue weighted by molar-refractivity contribution is 6.02. The molecule has 10 nitrogen and oxygen atoms in total. The number of amides is 1. The van der Waals surface area contributed by atoms with E-state index in [1.165, 1.54) is 5.69 Å². The lowest BCUT2D eigenvalue weighted by Crippen LogP contribution is -2.21. The second-order valence-corrected chi connectivity index (χ2v) is 7.71. The van der Waals surface area contributed by atoms with Crippen LogP contribution in [0, 0.1) is 13.8 Å². The summed E-state index contributed by atoms with van der Waals surface area (Å²) < 4.78 is 3.47. The number of hydrogen-bond donors (Lipinski definition) is 3. The smallest absolute Gasteiger partial charge is 0.271 e. The van der Waals surface area contributed by atoms with Crippen LogP contribution < -0.4 is 15.5 Å². The van der Waals surface area contributed by atoms with E-state index in [-0.39, 0.29) is 5.91 Å². The summed E-state index contributed by atoms with van der Waals surface area (Å²) in [4.78, 5) is 14.9. The lowest BCUT2D eigenvalue weighted by atomic mass is 10.1. The molecule has 168 valence electrons. The van der Waals surface area contributed by atoms with Crippen molar-refractivity contribution in [2.45, 2.75) is 27.7 Å². The molecule has 32 heavy (non-hydrogen) atoms. The van der Waals surface area contributed by atoms with Gasteiger partial charge in [0.15, 0.2) is 0 Å². The first-order valence-electron chi connectivity index (χ1n) is 10.7. The van der Waals surface area contributed by atoms with Crippen LogP contribution in [-0.4, -0.2) is 55.6 Å². The third-order valence-electron chi connectivity index (χ3n) is 5.76. The Hall–Kier alpha value is -3.82. The fourth-order valence-electron chi connectivity index (χ4n) is 3.78. The average Bonchev–Trinajstić information content (AvgIpc) is 3.44. The third-order valence-corrected chi connectivity index (χ3v) is 5.76. The molecule has 4 aromatic rings. The number of fused-ring (bicyclic) bond motifs is 1. The van der Waals surface area contributed by atoms with Crippen molar-refractivity contribution < 1.29 is 4.79 Å². The molecule has 3 N–H and O–H groups in total. The van der Waals surface area contributed by atoms with E-state index in [9.17, 15) is 4.79 Å². The van der Waals surface area contributed by atoms with E-state index in [0.29, 0.717) is 28.5 Å². The first-order valence-corrected chi connectivity index (χ1v) is 10.7. The highest BCUT2D eigenvalue weighted by Gasteiger charge is 2.24. The molecule has 0 atom stereocenters. The molecule has 3 heterocycles. The Kier molecular flexibility index (Phi) is 5.60. The number of carbonyl (C=O) groups excluding carboxylic acids is 1. The van der Waals surface area contributed by atoms with Crippen LogP contribution in [0.5, 0.6) is 0 Å². The minimum atomic E-state index is -0.251. The number of H-pyrrole nitrogens is 1. The second-order valence-electron chi connectivity index (χ2n) is 7.71. The third kappa shape index (κ3) is 3.57. The molecule has 3 aromatic heterocycles. The van der Waals surface area contributed by atoms with E-state index in [0.717, 1.165) is 30.0 Å². The van der Waals surface area contributed by atoms with Gasteiger partial charge in [-0.1, -0.05) is 0 Å². The van der Waals surface area contributed by atoms with Crippen LogP contribution in [0.4, 0.5) is 17.1 Å². The van der Waals surface area contributed by atoms with Gasteiger partial charge in [-0.05, 0) is 57.5 Å². The molecular formula is C22H29N9O. The number of aromatic amines is 1. The summed E-state index contributed by atoms with van der Waals surface area (Å²) in [7, 11) is 3.47. The summed E-state index contributed by atoms with van der Waals surface area (Å²) in [6, 6.07) is 8.18.